The lowest BCUT2D eigenvalue weighted by Gasteiger charge is -2.36. The summed E-state index contributed by atoms with van der Waals surface area (Å²) in [7, 11) is 1.66. The van der Waals surface area contributed by atoms with Crippen LogP contribution in [0.3, 0.4) is 0 Å². The number of amides is 1. The number of carbonyl (C=O) groups excluding carboxylic acids is 1. The molecule has 0 unspecified atom stereocenters. The zero-order chi connectivity index (χ0) is 17.6. The number of methoxy groups -OCH3 is 1. The first-order valence-electron chi connectivity index (χ1n) is 8.57. The van der Waals surface area contributed by atoms with Crippen LogP contribution in [0.4, 0.5) is 10.1 Å². The van der Waals surface area contributed by atoms with Crippen LogP contribution in [0.15, 0.2) is 48.5 Å². The van der Waals surface area contributed by atoms with Crippen LogP contribution in [-0.2, 0) is 11.2 Å². The largest absolute Gasteiger partial charge is 0.497 e. The van der Waals surface area contributed by atoms with Gasteiger partial charge in [-0.3, -0.25) is 4.79 Å². The number of piperazine rings is 1. The first-order chi connectivity index (χ1) is 12.2. The summed E-state index contributed by atoms with van der Waals surface area (Å²) in [4.78, 5) is 16.6. The van der Waals surface area contributed by atoms with Gasteiger partial charge in [0.15, 0.2) is 0 Å². The van der Waals surface area contributed by atoms with Gasteiger partial charge in [-0.05, 0) is 36.2 Å². The molecule has 5 heteroatoms. The van der Waals surface area contributed by atoms with Gasteiger partial charge in [0.1, 0.15) is 11.6 Å². The summed E-state index contributed by atoms with van der Waals surface area (Å²) >= 11 is 0. The Morgan fingerprint density at radius 1 is 1.08 bits per heavy atom. The first-order valence-corrected chi connectivity index (χ1v) is 8.57. The quantitative estimate of drug-likeness (QED) is 0.837. The molecule has 1 aliphatic heterocycles. The maximum absolute atomic E-state index is 13.2. The van der Waals surface area contributed by atoms with Gasteiger partial charge in [0, 0.05) is 44.4 Å². The summed E-state index contributed by atoms with van der Waals surface area (Å²) in [6.45, 7) is 3.02. The molecule has 4 nitrogen and oxygen atoms in total. The fourth-order valence-corrected chi connectivity index (χ4v) is 3.12. The van der Waals surface area contributed by atoms with Gasteiger partial charge in [-0.2, -0.15) is 0 Å². The topological polar surface area (TPSA) is 32.8 Å². The summed E-state index contributed by atoms with van der Waals surface area (Å²) in [5.41, 5.74) is 1.98. The fraction of sp³-hybridized carbons (Fsp3) is 0.350. The van der Waals surface area contributed by atoms with Crippen molar-refractivity contribution in [1.29, 1.82) is 0 Å². The standard InChI is InChI=1S/C20H23FN2O2/c1-25-19-7-3-6-18(15-19)22-10-12-23(13-11-22)20(24)9-8-16-4-2-5-17(21)14-16/h2-7,14-15H,8-13H2,1H3. The van der Waals surface area contributed by atoms with E-state index in [2.05, 4.69) is 11.0 Å². The van der Waals surface area contributed by atoms with Crippen molar-refractivity contribution in [3.8, 4) is 5.75 Å². The van der Waals surface area contributed by atoms with Crippen LogP contribution in [0, 0.1) is 5.82 Å². The molecule has 0 radical (unpaired) electrons. The Bertz CT molecular complexity index is 727. The number of ether oxygens (including phenoxy) is 1. The second-order valence-electron chi connectivity index (χ2n) is 6.20. The van der Waals surface area contributed by atoms with E-state index >= 15 is 0 Å². The Labute approximate surface area is 147 Å². The van der Waals surface area contributed by atoms with E-state index in [1.54, 1.807) is 13.2 Å². The number of nitrogens with zero attached hydrogens (tertiary/aromatic N) is 2. The van der Waals surface area contributed by atoms with Gasteiger partial charge in [-0.15, -0.1) is 0 Å². The Morgan fingerprint density at radius 3 is 2.56 bits per heavy atom. The molecular formula is C20H23FN2O2. The van der Waals surface area contributed by atoms with Crippen molar-refractivity contribution in [2.45, 2.75) is 12.8 Å². The highest BCUT2D eigenvalue weighted by molar-refractivity contribution is 5.76. The van der Waals surface area contributed by atoms with Gasteiger partial charge in [0.05, 0.1) is 7.11 Å². The normalized spacial score (nSPS) is 14.5. The zero-order valence-corrected chi connectivity index (χ0v) is 14.5. The van der Waals surface area contributed by atoms with Gasteiger partial charge in [0.2, 0.25) is 5.91 Å². The smallest absolute Gasteiger partial charge is 0.223 e. The van der Waals surface area contributed by atoms with Gasteiger partial charge in [0.25, 0.3) is 0 Å². The molecule has 0 aliphatic carbocycles. The summed E-state index contributed by atoms with van der Waals surface area (Å²) in [5.74, 6) is 0.720. The van der Waals surface area contributed by atoms with E-state index in [9.17, 15) is 9.18 Å². The van der Waals surface area contributed by atoms with E-state index in [4.69, 9.17) is 4.74 Å². The average Bonchev–Trinajstić information content (AvgIpc) is 2.66. The van der Waals surface area contributed by atoms with Crippen molar-refractivity contribution in [2.75, 3.05) is 38.2 Å². The summed E-state index contributed by atoms with van der Waals surface area (Å²) in [6.07, 6.45) is 0.995. The third-order valence-corrected chi connectivity index (χ3v) is 4.57. The minimum atomic E-state index is -0.253. The molecular weight excluding hydrogens is 319 g/mol. The number of benzene rings is 2. The Balaban J connectivity index is 1.50. The minimum absolute atomic E-state index is 0.134. The van der Waals surface area contributed by atoms with Crippen molar-refractivity contribution in [3.05, 3.63) is 59.9 Å². The minimum Gasteiger partial charge on any atom is -0.497 e. The van der Waals surface area contributed by atoms with Crippen LogP contribution in [0.2, 0.25) is 0 Å². The maximum atomic E-state index is 13.2. The van der Waals surface area contributed by atoms with Crippen LogP contribution in [-0.4, -0.2) is 44.1 Å². The summed E-state index contributed by atoms with van der Waals surface area (Å²) in [5, 5.41) is 0. The lowest BCUT2D eigenvalue weighted by molar-refractivity contribution is -0.131. The number of hydrogen-bond acceptors (Lipinski definition) is 3. The Morgan fingerprint density at radius 2 is 1.84 bits per heavy atom. The molecule has 2 aromatic carbocycles. The molecule has 0 aromatic heterocycles. The highest BCUT2D eigenvalue weighted by Gasteiger charge is 2.21. The van der Waals surface area contributed by atoms with Gasteiger partial charge >= 0.3 is 0 Å². The number of anilines is 1. The van der Waals surface area contributed by atoms with E-state index in [0.29, 0.717) is 25.9 Å². The van der Waals surface area contributed by atoms with Gasteiger partial charge in [-0.25, -0.2) is 4.39 Å². The van der Waals surface area contributed by atoms with Crippen LogP contribution in [0.5, 0.6) is 5.75 Å². The molecule has 3 rings (SSSR count). The first kappa shape index (κ1) is 17.3. The van der Waals surface area contributed by atoms with Crippen molar-refractivity contribution in [2.24, 2.45) is 0 Å². The zero-order valence-electron chi connectivity index (χ0n) is 14.5. The molecule has 1 fully saturated rings. The Kier molecular flexibility index (Phi) is 5.53. The third kappa shape index (κ3) is 4.50. The van der Waals surface area contributed by atoms with E-state index in [1.165, 1.54) is 12.1 Å². The van der Waals surface area contributed by atoms with Crippen molar-refractivity contribution < 1.29 is 13.9 Å². The van der Waals surface area contributed by atoms with E-state index in [0.717, 1.165) is 30.1 Å². The molecule has 0 saturated carbocycles. The molecule has 2 aromatic rings. The molecule has 1 saturated heterocycles. The van der Waals surface area contributed by atoms with Crippen molar-refractivity contribution in [3.63, 3.8) is 0 Å². The number of halogens is 1. The maximum Gasteiger partial charge on any atom is 0.223 e. The fourth-order valence-electron chi connectivity index (χ4n) is 3.12. The Hall–Kier alpha value is -2.56. The average molecular weight is 342 g/mol. The number of aryl methyl sites for hydroxylation is 1. The molecule has 0 atom stereocenters. The molecule has 0 N–H and O–H groups in total. The highest BCUT2D eigenvalue weighted by atomic mass is 19.1. The molecule has 132 valence electrons. The molecule has 1 aliphatic rings. The lowest BCUT2D eigenvalue weighted by atomic mass is 10.1. The van der Waals surface area contributed by atoms with Crippen LogP contribution < -0.4 is 9.64 Å². The number of rotatable bonds is 5. The SMILES string of the molecule is COc1cccc(N2CCN(C(=O)CCc3cccc(F)c3)CC2)c1. The molecule has 25 heavy (non-hydrogen) atoms. The summed E-state index contributed by atoms with van der Waals surface area (Å²) in [6, 6.07) is 14.4. The van der Waals surface area contributed by atoms with Crippen LogP contribution in [0.25, 0.3) is 0 Å². The molecule has 0 spiro atoms. The monoisotopic (exact) mass is 342 g/mol. The van der Waals surface area contributed by atoms with Crippen molar-refractivity contribution >= 4 is 11.6 Å². The third-order valence-electron chi connectivity index (χ3n) is 4.57. The second kappa shape index (κ2) is 8.01. The van der Waals surface area contributed by atoms with Gasteiger partial charge < -0.3 is 14.5 Å². The van der Waals surface area contributed by atoms with E-state index in [1.807, 2.05) is 29.2 Å². The van der Waals surface area contributed by atoms with Gasteiger partial charge in [-0.1, -0.05) is 18.2 Å². The number of hydrogen-bond donors (Lipinski definition) is 0. The lowest BCUT2D eigenvalue weighted by Crippen LogP contribution is -2.48. The molecule has 0 bridgehead atoms. The molecule has 1 heterocycles. The van der Waals surface area contributed by atoms with Crippen molar-refractivity contribution in [1.82, 2.24) is 4.90 Å². The van der Waals surface area contributed by atoms with Crippen LogP contribution >= 0.6 is 0 Å². The molecule has 1 amide bonds. The number of carbonyl (C=O) groups is 1. The second-order valence-corrected chi connectivity index (χ2v) is 6.20. The summed E-state index contributed by atoms with van der Waals surface area (Å²) < 4.78 is 18.5. The van der Waals surface area contributed by atoms with E-state index in [-0.39, 0.29) is 11.7 Å². The predicted octanol–water partition coefficient (Wildman–Crippen LogP) is 3.12. The highest BCUT2D eigenvalue weighted by Crippen LogP contribution is 2.22. The van der Waals surface area contributed by atoms with Crippen LogP contribution in [0.1, 0.15) is 12.0 Å². The van der Waals surface area contributed by atoms with E-state index < -0.39 is 0 Å². The predicted molar refractivity (Wildman–Crippen MR) is 96.5 cm³/mol.